The second kappa shape index (κ2) is 11.5. The van der Waals surface area contributed by atoms with Gasteiger partial charge in [-0.15, -0.1) is 0 Å². The third-order valence-electron chi connectivity index (χ3n) is 4.31. The fourth-order valence-electron chi connectivity index (χ4n) is 3.04. The van der Waals surface area contributed by atoms with Crippen LogP contribution in [0.25, 0.3) is 0 Å². The van der Waals surface area contributed by atoms with E-state index in [9.17, 15) is 0 Å². The van der Waals surface area contributed by atoms with E-state index in [1.165, 1.54) is 38.5 Å². The Morgan fingerprint density at radius 2 is 1.65 bits per heavy atom. The molecule has 0 radical (unpaired) electrons. The van der Waals surface area contributed by atoms with Gasteiger partial charge in [-0.05, 0) is 31.1 Å². The highest BCUT2D eigenvalue weighted by atomic mass is 16.5. The molecule has 1 aliphatic rings. The van der Waals surface area contributed by atoms with Gasteiger partial charge in [0.2, 0.25) is 0 Å². The highest BCUT2D eigenvalue weighted by molar-refractivity contribution is 4.84. The molecule has 0 atom stereocenters. The van der Waals surface area contributed by atoms with Gasteiger partial charge < -0.3 is 19.5 Å². The fourth-order valence-corrected chi connectivity index (χ4v) is 3.04. The van der Waals surface area contributed by atoms with Gasteiger partial charge in [0.15, 0.2) is 0 Å². The first kappa shape index (κ1) is 17.9. The van der Waals surface area contributed by atoms with Crippen LogP contribution in [-0.4, -0.2) is 53.7 Å². The highest BCUT2D eigenvalue weighted by Gasteiger charge is 2.31. The molecule has 0 heterocycles. The molecule has 0 saturated heterocycles. The van der Waals surface area contributed by atoms with Crippen LogP contribution in [0.15, 0.2) is 0 Å². The second-order valence-corrected chi connectivity index (χ2v) is 5.94. The Labute approximate surface area is 124 Å². The van der Waals surface area contributed by atoms with E-state index in [1.54, 1.807) is 14.2 Å². The molecule has 0 aromatic carbocycles. The molecule has 0 aromatic rings. The minimum absolute atomic E-state index is 0.452. The summed E-state index contributed by atoms with van der Waals surface area (Å²) in [7, 11) is 3.49. The molecule has 1 fully saturated rings. The maximum Gasteiger partial charge on any atom is 0.0587 e. The smallest absolute Gasteiger partial charge is 0.0587 e. The van der Waals surface area contributed by atoms with Gasteiger partial charge >= 0.3 is 0 Å². The monoisotopic (exact) mass is 287 g/mol. The molecule has 1 rings (SSSR count). The minimum Gasteiger partial charge on any atom is -0.385 e. The van der Waals surface area contributed by atoms with E-state index < -0.39 is 0 Å². The molecule has 0 bridgehead atoms. The van der Waals surface area contributed by atoms with Crippen LogP contribution in [0.1, 0.15) is 44.9 Å². The summed E-state index contributed by atoms with van der Waals surface area (Å²) in [6.45, 7) is 5.36. The molecule has 4 heteroatoms. The Morgan fingerprint density at radius 1 is 0.900 bits per heavy atom. The van der Waals surface area contributed by atoms with Crippen LogP contribution in [0.2, 0.25) is 0 Å². The minimum atomic E-state index is 0.452. The first-order chi connectivity index (χ1) is 9.83. The van der Waals surface area contributed by atoms with Gasteiger partial charge in [-0.1, -0.05) is 19.3 Å². The molecule has 1 N–H and O–H groups in total. The Morgan fingerprint density at radius 3 is 2.35 bits per heavy atom. The molecule has 4 nitrogen and oxygen atoms in total. The molecular formula is C16H33NO3. The quantitative estimate of drug-likeness (QED) is 0.560. The van der Waals surface area contributed by atoms with Crippen molar-refractivity contribution >= 4 is 0 Å². The summed E-state index contributed by atoms with van der Waals surface area (Å²) in [5.74, 6) is 0. The van der Waals surface area contributed by atoms with Crippen LogP contribution < -0.4 is 5.32 Å². The van der Waals surface area contributed by atoms with E-state index in [2.05, 4.69) is 5.32 Å². The standard InChI is InChI=1S/C16H33NO3/c1-18-11-6-12-20-13-9-16(7-4-3-5-8-16)15-17-10-14-19-2/h17H,3-15H2,1-2H3. The van der Waals surface area contributed by atoms with Crippen LogP contribution >= 0.6 is 0 Å². The van der Waals surface area contributed by atoms with Gasteiger partial charge in [-0.2, -0.15) is 0 Å². The molecule has 1 saturated carbocycles. The van der Waals surface area contributed by atoms with Gasteiger partial charge in [-0.3, -0.25) is 0 Å². The van der Waals surface area contributed by atoms with Crippen molar-refractivity contribution in [2.75, 3.05) is 53.7 Å². The number of rotatable bonds is 12. The molecule has 1 aliphatic carbocycles. The number of ether oxygens (including phenoxy) is 3. The van der Waals surface area contributed by atoms with E-state index in [-0.39, 0.29) is 0 Å². The van der Waals surface area contributed by atoms with Crippen LogP contribution in [-0.2, 0) is 14.2 Å². The maximum absolute atomic E-state index is 5.76. The summed E-state index contributed by atoms with van der Waals surface area (Å²) in [5.41, 5.74) is 0.452. The second-order valence-electron chi connectivity index (χ2n) is 5.94. The Hall–Kier alpha value is -0.160. The molecule has 0 aliphatic heterocycles. The summed E-state index contributed by atoms with van der Waals surface area (Å²) < 4.78 is 15.9. The molecule has 0 aromatic heterocycles. The number of methoxy groups -OCH3 is 2. The van der Waals surface area contributed by atoms with Crippen molar-refractivity contribution in [2.24, 2.45) is 5.41 Å². The van der Waals surface area contributed by atoms with Gasteiger partial charge in [0, 0.05) is 47.1 Å². The lowest BCUT2D eigenvalue weighted by Gasteiger charge is -2.37. The van der Waals surface area contributed by atoms with Crippen molar-refractivity contribution in [3.05, 3.63) is 0 Å². The van der Waals surface area contributed by atoms with Gasteiger partial charge in [0.05, 0.1) is 6.61 Å². The summed E-state index contributed by atoms with van der Waals surface area (Å²) in [4.78, 5) is 0. The highest BCUT2D eigenvalue weighted by Crippen LogP contribution is 2.38. The van der Waals surface area contributed by atoms with E-state index >= 15 is 0 Å². The average Bonchev–Trinajstić information content (AvgIpc) is 2.48. The van der Waals surface area contributed by atoms with Crippen molar-refractivity contribution < 1.29 is 14.2 Å². The topological polar surface area (TPSA) is 39.7 Å². The van der Waals surface area contributed by atoms with E-state index in [1.807, 2.05) is 0 Å². The van der Waals surface area contributed by atoms with E-state index in [0.717, 1.165) is 45.9 Å². The van der Waals surface area contributed by atoms with Crippen molar-refractivity contribution in [3.8, 4) is 0 Å². The van der Waals surface area contributed by atoms with Crippen molar-refractivity contribution in [3.63, 3.8) is 0 Å². The van der Waals surface area contributed by atoms with Crippen molar-refractivity contribution in [1.82, 2.24) is 5.32 Å². The maximum atomic E-state index is 5.76. The lowest BCUT2D eigenvalue weighted by Crippen LogP contribution is -2.38. The van der Waals surface area contributed by atoms with Crippen LogP contribution in [0.3, 0.4) is 0 Å². The summed E-state index contributed by atoms with van der Waals surface area (Å²) >= 11 is 0. The van der Waals surface area contributed by atoms with Gasteiger partial charge in [0.25, 0.3) is 0 Å². The molecular weight excluding hydrogens is 254 g/mol. The Kier molecular flexibility index (Phi) is 10.3. The summed E-state index contributed by atoms with van der Waals surface area (Å²) in [6.07, 6.45) is 9.00. The first-order valence-electron chi connectivity index (χ1n) is 8.09. The molecule has 20 heavy (non-hydrogen) atoms. The number of nitrogens with one attached hydrogen (secondary N) is 1. The van der Waals surface area contributed by atoms with Gasteiger partial charge in [-0.25, -0.2) is 0 Å². The lowest BCUT2D eigenvalue weighted by atomic mass is 9.72. The van der Waals surface area contributed by atoms with Crippen molar-refractivity contribution in [1.29, 1.82) is 0 Å². The summed E-state index contributed by atoms with van der Waals surface area (Å²) in [6, 6.07) is 0. The zero-order valence-electron chi connectivity index (χ0n) is 13.4. The van der Waals surface area contributed by atoms with Crippen molar-refractivity contribution in [2.45, 2.75) is 44.9 Å². The zero-order chi connectivity index (χ0) is 14.5. The number of hydrogen-bond donors (Lipinski definition) is 1. The molecule has 0 unspecified atom stereocenters. The Balaban J connectivity index is 2.20. The molecule has 120 valence electrons. The largest absolute Gasteiger partial charge is 0.385 e. The lowest BCUT2D eigenvalue weighted by molar-refractivity contribution is 0.0604. The van der Waals surface area contributed by atoms with E-state index in [0.29, 0.717) is 5.41 Å². The third-order valence-corrected chi connectivity index (χ3v) is 4.31. The first-order valence-corrected chi connectivity index (χ1v) is 8.09. The predicted octanol–water partition coefficient (Wildman–Crippen LogP) is 2.62. The molecule has 0 amide bonds. The third kappa shape index (κ3) is 7.58. The number of hydrogen-bond acceptors (Lipinski definition) is 4. The normalized spacial score (nSPS) is 18.3. The predicted molar refractivity (Wildman–Crippen MR) is 82.2 cm³/mol. The SMILES string of the molecule is COCCCOCCC1(CNCCOC)CCCCC1. The van der Waals surface area contributed by atoms with Gasteiger partial charge in [0.1, 0.15) is 0 Å². The Bertz CT molecular complexity index is 218. The molecule has 0 spiro atoms. The van der Waals surface area contributed by atoms with Crippen LogP contribution in [0.5, 0.6) is 0 Å². The zero-order valence-corrected chi connectivity index (χ0v) is 13.4. The average molecular weight is 287 g/mol. The fraction of sp³-hybridized carbons (Fsp3) is 1.00. The summed E-state index contributed by atoms with van der Waals surface area (Å²) in [5, 5.41) is 3.56. The van der Waals surface area contributed by atoms with E-state index in [4.69, 9.17) is 14.2 Å². The van der Waals surface area contributed by atoms with Crippen LogP contribution in [0, 0.1) is 5.41 Å². The van der Waals surface area contributed by atoms with Crippen LogP contribution in [0.4, 0.5) is 0 Å².